The fraction of sp³-hybridized carbons (Fsp3) is 0.342. The van der Waals surface area contributed by atoms with Gasteiger partial charge in [-0.15, -0.1) is 0 Å². The van der Waals surface area contributed by atoms with Crippen molar-refractivity contribution in [2.45, 2.75) is 125 Å². The molecular formula is C76H74N20O14. The summed E-state index contributed by atoms with van der Waals surface area (Å²) in [5.74, 6) is -8.57. The lowest BCUT2D eigenvalue weighted by molar-refractivity contribution is -0.122. The van der Waals surface area contributed by atoms with Gasteiger partial charge in [0.25, 0.3) is 35.4 Å². The van der Waals surface area contributed by atoms with Crippen LogP contribution >= 0.6 is 0 Å². The van der Waals surface area contributed by atoms with Crippen molar-refractivity contribution in [1.82, 2.24) is 69.9 Å². The van der Waals surface area contributed by atoms with Gasteiger partial charge in [-0.2, -0.15) is 0 Å². The van der Waals surface area contributed by atoms with Gasteiger partial charge < -0.3 is 71.9 Å². The number of carbonyl (C=O) groups excluding carboxylic acids is 14. The summed E-state index contributed by atoms with van der Waals surface area (Å²) in [4.78, 5) is 234. The summed E-state index contributed by atoms with van der Waals surface area (Å²) in [6.07, 6.45) is 2.49. The Morgan fingerprint density at radius 3 is 0.791 bits per heavy atom. The molecule has 7 aromatic rings. The van der Waals surface area contributed by atoms with Gasteiger partial charge in [-0.1, -0.05) is 60.7 Å². The van der Waals surface area contributed by atoms with Crippen molar-refractivity contribution in [3.8, 4) is 0 Å². The first kappa shape index (κ1) is 72.3. The van der Waals surface area contributed by atoms with E-state index in [0.717, 1.165) is 0 Å². The van der Waals surface area contributed by atoms with Gasteiger partial charge in [0.2, 0.25) is 47.3 Å². The molecule has 14 amide bonds. The van der Waals surface area contributed by atoms with E-state index in [1.807, 2.05) is 0 Å². The number of benzene rings is 1. The van der Waals surface area contributed by atoms with E-state index in [2.05, 4.69) is 72.4 Å². The molecule has 8 atom stereocenters. The first-order valence-corrected chi connectivity index (χ1v) is 36.4. The molecule has 562 valence electrons. The first-order valence-electron chi connectivity index (χ1n) is 36.4. The number of fused-ring (bicyclic) bond motifs is 18. The Hall–Kier alpha value is -13.3. The smallest absolute Gasteiger partial charge is 0.273 e. The van der Waals surface area contributed by atoms with Gasteiger partial charge in [-0.3, -0.25) is 67.1 Å². The average Bonchev–Trinajstić information content (AvgIpc) is 1.65. The van der Waals surface area contributed by atoms with Crippen molar-refractivity contribution in [2.75, 3.05) is 71.2 Å². The van der Waals surface area contributed by atoms with Gasteiger partial charge in [0.1, 0.15) is 105 Å². The lowest BCUT2D eigenvalue weighted by atomic mass is 10.0. The molecule has 0 radical (unpaired) electrons. The van der Waals surface area contributed by atoms with Gasteiger partial charge in [-0.25, -0.2) is 29.9 Å². The van der Waals surface area contributed by atoms with E-state index in [1.54, 1.807) is 36.4 Å². The van der Waals surface area contributed by atoms with Gasteiger partial charge in [-0.05, 0) is 148 Å². The van der Waals surface area contributed by atoms with Gasteiger partial charge in [0.15, 0.2) is 0 Å². The lowest BCUT2D eigenvalue weighted by Crippen LogP contribution is -2.45. The Kier molecular flexibility index (Phi) is 20.3. The Bertz CT molecular complexity index is 4680. The second kappa shape index (κ2) is 30.9. The summed E-state index contributed by atoms with van der Waals surface area (Å²) in [7, 11) is 0. The molecule has 34 nitrogen and oxygen atoms in total. The summed E-state index contributed by atoms with van der Waals surface area (Å²) in [5, 5.41) is 22.4. The highest BCUT2D eigenvalue weighted by Crippen LogP contribution is 2.31. The van der Waals surface area contributed by atoms with E-state index < -0.39 is 131 Å². The first-order chi connectivity index (χ1) is 53.2. The number of anilines is 6. The van der Waals surface area contributed by atoms with Crippen LogP contribution in [0.5, 0.6) is 0 Å². The maximum atomic E-state index is 14.8. The number of pyridine rings is 6. The largest absolute Gasteiger partial charge is 0.351 e. The minimum atomic E-state index is -1.27. The maximum absolute atomic E-state index is 14.8. The zero-order chi connectivity index (χ0) is 76.4. The minimum Gasteiger partial charge on any atom is -0.351 e. The van der Waals surface area contributed by atoms with E-state index in [1.165, 1.54) is 126 Å². The van der Waals surface area contributed by atoms with Gasteiger partial charge in [0.05, 0.1) is 12.8 Å². The molecule has 8 aliphatic rings. The van der Waals surface area contributed by atoms with Crippen molar-refractivity contribution in [1.29, 1.82) is 0 Å². The van der Waals surface area contributed by atoms with Crippen LogP contribution in [-0.4, -0.2) is 230 Å². The van der Waals surface area contributed by atoms with E-state index >= 15 is 0 Å². The molecule has 0 unspecified atom stereocenters. The summed E-state index contributed by atoms with van der Waals surface area (Å²) < 4.78 is 0. The molecule has 0 saturated carbocycles. The summed E-state index contributed by atoms with van der Waals surface area (Å²) >= 11 is 0. The van der Waals surface area contributed by atoms with E-state index in [9.17, 15) is 67.1 Å². The Morgan fingerprint density at radius 1 is 0.309 bits per heavy atom. The number of aromatic nitrogens is 6. The number of rotatable bonds is 6. The van der Waals surface area contributed by atoms with Crippen LogP contribution in [0, 0.1) is 0 Å². The third kappa shape index (κ3) is 15.4. The molecule has 12 bridgehead atoms. The van der Waals surface area contributed by atoms with Gasteiger partial charge >= 0.3 is 0 Å². The normalized spacial score (nSPS) is 23.4. The predicted molar refractivity (Wildman–Crippen MR) is 390 cm³/mol. The van der Waals surface area contributed by atoms with Crippen molar-refractivity contribution in [2.24, 2.45) is 0 Å². The van der Waals surface area contributed by atoms with Crippen LogP contribution in [0.25, 0.3) is 0 Å². The Labute approximate surface area is 627 Å². The number of carbonyl (C=O) groups is 14. The van der Waals surface area contributed by atoms with Gasteiger partial charge in [0, 0.05) is 51.4 Å². The highest BCUT2D eigenvalue weighted by atomic mass is 16.2. The highest BCUT2D eigenvalue weighted by molar-refractivity contribution is 6.07. The van der Waals surface area contributed by atoms with Crippen LogP contribution in [0.15, 0.2) is 133 Å². The maximum Gasteiger partial charge on any atom is 0.273 e. The SMILES string of the molecule is O=C(Cc1cccc(CC(=O)N[C@@H]2C[C@H]3C(=O)Nc4cccc(n4)C(=O)N4CCC[C@H]4C(=O)Nc4cccc(n4)C(=O)N4CCC[C@H]4C(=O)Nc4cccc(n4)C(=O)N3C2)c1)N[C@@H]1C[C@H]2C(=O)Nc3cccc(n3)C(=O)N3CCC[C@H]3C(=O)Nc3cccc(n3)C(=O)N3CCC[C@H]3C(=O)Nc3cccc(n3)C(=O)N2C1. The molecular weight excluding hydrogens is 1420 g/mol. The fourth-order valence-electron chi connectivity index (χ4n) is 15.6. The van der Waals surface area contributed by atoms with E-state index in [-0.39, 0.29) is 134 Å². The molecule has 0 spiro atoms. The van der Waals surface area contributed by atoms with Crippen LogP contribution in [0.3, 0.4) is 0 Å². The minimum absolute atomic E-state index is 0.0242. The summed E-state index contributed by atoms with van der Waals surface area (Å²) in [6, 6.07) is 25.2. The molecule has 1 aromatic carbocycles. The quantitative estimate of drug-likeness (QED) is 0.119. The standard InChI is InChI=1S/C76H74N20O14/c97-63(77-43-37-55-69(103)89-61-28-4-16-47(81-61)73(107)93-32-8-20-51(93)65(99)85-57-24-2-14-45(79-57)71(105)91-30-10-22-53(91)67(101)87-59-26-6-18-49(83-59)75(109)95(55)39-43)35-41-12-1-13-42(34-41)36-64(98)78-44-38-56-70(104)90-62-29-5-17-48(82-62)74(108)94-33-9-21-52(94)66(100)86-58-25-3-15-46(80-58)72(106)92-31-11-23-54(92)68(102)88-60-27-7-19-50(84-60)76(110)96(56)40-44/h1-7,12-19,24-29,34,43-44,51-56H,8-11,20-23,30-33,35-40H2,(H,77,97)(H,78,98)(H,79,85,99)(H,80,86,100)(H,81,89,103)(H,82,90,104)(H,83,87,101)(H,84,88,102)/t43-,44-,51+,52+,53+,54+,55+,56+/m1/s1. The predicted octanol–water partition coefficient (Wildman–Crippen LogP) is 2.82. The number of amides is 14. The molecule has 6 fully saturated rings. The van der Waals surface area contributed by atoms with Crippen molar-refractivity contribution in [3.05, 3.63) is 179 Å². The molecule has 6 saturated heterocycles. The molecule has 110 heavy (non-hydrogen) atoms. The van der Waals surface area contributed by atoms with E-state index in [0.29, 0.717) is 62.5 Å². The lowest BCUT2D eigenvalue weighted by Gasteiger charge is -2.25. The molecule has 15 rings (SSSR count). The van der Waals surface area contributed by atoms with Crippen LogP contribution in [-0.2, 0) is 51.2 Å². The highest BCUT2D eigenvalue weighted by Gasteiger charge is 2.46. The second-order valence-electron chi connectivity index (χ2n) is 28.1. The number of nitrogens with zero attached hydrogens (tertiary/aromatic N) is 12. The van der Waals surface area contributed by atoms with Crippen molar-refractivity contribution < 1.29 is 67.1 Å². The molecule has 0 aliphatic carbocycles. The Balaban J connectivity index is 0.634. The summed E-state index contributed by atoms with van der Waals surface area (Å²) in [5.41, 5.74) is 0.403. The summed E-state index contributed by atoms with van der Waals surface area (Å²) in [6.45, 7) is 0.468. The topological polar surface area (TPSA) is 432 Å². The van der Waals surface area contributed by atoms with Crippen molar-refractivity contribution >= 4 is 118 Å². The van der Waals surface area contributed by atoms with Crippen molar-refractivity contribution in [3.63, 3.8) is 0 Å². The third-order valence-corrected chi connectivity index (χ3v) is 20.8. The third-order valence-electron chi connectivity index (χ3n) is 20.8. The van der Waals surface area contributed by atoms with Crippen LogP contribution < -0.4 is 42.5 Å². The average molecular weight is 1490 g/mol. The molecule has 6 aromatic heterocycles. The molecule has 34 heteroatoms. The molecule has 8 aliphatic heterocycles. The molecule has 14 heterocycles. The number of hydrogen-bond donors (Lipinski definition) is 8. The van der Waals surface area contributed by atoms with E-state index in [4.69, 9.17) is 0 Å². The fourth-order valence-corrected chi connectivity index (χ4v) is 15.6. The monoisotopic (exact) mass is 1490 g/mol. The zero-order valence-corrected chi connectivity index (χ0v) is 59.1. The van der Waals surface area contributed by atoms with Crippen LogP contribution in [0.2, 0.25) is 0 Å². The Morgan fingerprint density at radius 2 is 0.536 bits per heavy atom. The van der Waals surface area contributed by atoms with Crippen LogP contribution in [0.1, 0.15) is 138 Å². The number of hydrogen-bond acceptors (Lipinski definition) is 20. The molecule has 8 N–H and O–H groups in total. The van der Waals surface area contributed by atoms with Crippen LogP contribution in [0.4, 0.5) is 34.9 Å². The second-order valence-corrected chi connectivity index (χ2v) is 28.1. The number of nitrogens with one attached hydrogen (secondary N) is 8. The zero-order valence-electron chi connectivity index (χ0n) is 59.1.